The van der Waals surface area contributed by atoms with E-state index in [1.54, 1.807) is 4.90 Å². The van der Waals surface area contributed by atoms with Crippen molar-refractivity contribution in [2.45, 2.75) is 25.8 Å². The van der Waals surface area contributed by atoms with Gasteiger partial charge in [0.05, 0.1) is 11.8 Å². The highest BCUT2D eigenvalue weighted by atomic mass is 16.2. The molecule has 0 bridgehead atoms. The van der Waals surface area contributed by atoms with E-state index in [0.29, 0.717) is 37.5 Å². The van der Waals surface area contributed by atoms with Crippen LogP contribution in [0.1, 0.15) is 18.4 Å². The maximum Gasteiger partial charge on any atom is 0.270 e. The Morgan fingerprint density at radius 1 is 1.32 bits per heavy atom. The molecule has 2 amide bonds. The number of piperazine rings is 1. The number of anilines is 1. The van der Waals surface area contributed by atoms with Gasteiger partial charge in [-0.05, 0) is 31.7 Å². The van der Waals surface area contributed by atoms with Crippen LogP contribution in [0, 0.1) is 18.3 Å². The minimum atomic E-state index is -0.309. The van der Waals surface area contributed by atoms with E-state index in [2.05, 4.69) is 11.2 Å². The second-order valence-corrected chi connectivity index (χ2v) is 6.47. The van der Waals surface area contributed by atoms with Gasteiger partial charge < -0.3 is 4.90 Å². The highest BCUT2D eigenvalue weighted by Gasteiger charge is 2.32. The van der Waals surface area contributed by atoms with Crippen molar-refractivity contribution in [2.24, 2.45) is 5.10 Å². The average molecular weight is 339 g/mol. The highest BCUT2D eigenvalue weighted by Crippen LogP contribution is 2.22. The van der Waals surface area contributed by atoms with E-state index in [9.17, 15) is 14.9 Å². The van der Waals surface area contributed by atoms with Crippen LogP contribution < -0.4 is 5.01 Å². The fourth-order valence-corrected chi connectivity index (χ4v) is 3.05. The van der Waals surface area contributed by atoms with Gasteiger partial charge in [-0.15, -0.1) is 0 Å². The van der Waals surface area contributed by atoms with Crippen LogP contribution in [0.3, 0.4) is 0 Å². The van der Waals surface area contributed by atoms with Gasteiger partial charge in [-0.1, -0.05) is 12.1 Å². The van der Waals surface area contributed by atoms with Gasteiger partial charge in [-0.2, -0.15) is 10.4 Å². The van der Waals surface area contributed by atoms with E-state index in [1.165, 1.54) is 5.01 Å². The van der Waals surface area contributed by atoms with Gasteiger partial charge >= 0.3 is 0 Å². The predicted octanol–water partition coefficient (Wildman–Crippen LogP) is 1.14. The molecule has 1 aromatic carbocycles. The summed E-state index contributed by atoms with van der Waals surface area (Å²) in [5.74, 6) is -0.297. The zero-order chi connectivity index (χ0) is 18.0. The van der Waals surface area contributed by atoms with Gasteiger partial charge in [0, 0.05) is 32.5 Å². The lowest BCUT2D eigenvalue weighted by Crippen LogP contribution is -2.54. The summed E-state index contributed by atoms with van der Waals surface area (Å²) >= 11 is 0. The molecule has 0 saturated carbocycles. The molecule has 130 valence electrons. The van der Waals surface area contributed by atoms with Crippen LogP contribution in [-0.2, 0) is 9.59 Å². The summed E-state index contributed by atoms with van der Waals surface area (Å²) in [6.07, 6.45) is 0.595. The fourth-order valence-electron chi connectivity index (χ4n) is 3.05. The van der Waals surface area contributed by atoms with Crippen LogP contribution in [0.2, 0.25) is 0 Å². The van der Waals surface area contributed by atoms with Crippen molar-refractivity contribution in [3.05, 3.63) is 29.8 Å². The summed E-state index contributed by atoms with van der Waals surface area (Å²) in [4.78, 5) is 28.6. The molecular formula is C18H21N5O2. The van der Waals surface area contributed by atoms with Crippen molar-refractivity contribution in [1.29, 1.82) is 5.26 Å². The van der Waals surface area contributed by atoms with Crippen LogP contribution in [0.5, 0.6) is 0 Å². The first-order valence-corrected chi connectivity index (χ1v) is 8.36. The number of likely N-dealkylation sites (N-methyl/N-ethyl adjacent to an activating group) is 1. The Morgan fingerprint density at radius 3 is 2.84 bits per heavy atom. The summed E-state index contributed by atoms with van der Waals surface area (Å²) in [5.41, 5.74) is 2.07. The molecule has 1 aromatic rings. The van der Waals surface area contributed by atoms with E-state index >= 15 is 0 Å². The lowest BCUT2D eigenvalue weighted by molar-refractivity contribution is -0.126. The van der Waals surface area contributed by atoms with E-state index in [1.807, 2.05) is 43.1 Å². The second-order valence-electron chi connectivity index (χ2n) is 6.47. The summed E-state index contributed by atoms with van der Waals surface area (Å²) in [5, 5.41) is 14.9. The topological polar surface area (TPSA) is 80.0 Å². The molecule has 0 N–H and O–H groups in total. The normalized spacial score (nSPS) is 21.7. The van der Waals surface area contributed by atoms with Crippen molar-refractivity contribution in [3.8, 4) is 6.07 Å². The average Bonchev–Trinajstić information content (AvgIpc) is 2.62. The summed E-state index contributed by atoms with van der Waals surface area (Å²) in [6, 6.07) is 9.40. The van der Waals surface area contributed by atoms with Gasteiger partial charge in [0.25, 0.3) is 5.91 Å². The third kappa shape index (κ3) is 3.54. The van der Waals surface area contributed by atoms with Gasteiger partial charge in [0.2, 0.25) is 5.91 Å². The number of benzene rings is 1. The summed E-state index contributed by atoms with van der Waals surface area (Å²) in [7, 11) is 1.88. The van der Waals surface area contributed by atoms with E-state index < -0.39 is 0 Å². The first kappa shape index (κ1) is 17.1. The molecule has 2 aliphatic heterocycles. The van der Waals surface area contributed by atoms with Crippen molar-refractivity contribution in [2.75, 3.05) is 31.7 Å². The lowest BCUT2D eigenvalue weighted by Gasteiger charge is -2.36. The molecule has 25 heavy (non-hydrogen) atoms. The molecule has 2 heterocycles. The van der Waals surface area contributed by atoms with Crippen LogP contribution in [0.25, 0.3) is 0 Å². The standard InChI is InChI=1S/C18H21N5O2/c1-13-4-3-5-14(10-13)23-17(24)7-6-16(20-23)18(25)22-9-8-21(2)15(11-19)12-22/h3-5,10,15H,6-9,12H2,1-2H3. The monoisotopic (exact) mass is 339 g/mol. The Bertz CT molecular complexity index is 767. The zero-order valence-electron chi connectivity index (χ0n) is 14.5. The van der Waals surface area contributed by atoms with Crippen LogP contribution >= 0.6 is 0 Å². The minimum Gasteiger partial charge on any atom is -0.334 e. The maximum absolute atomic E-state index is 12.8. The number of rotatable bonds is 2. The number of nitrogens with zero attached hydrogens (tertiary/aromatic N) is 5. The Kier molecular flexibility index (Phi) is 4.81. The van der Waals surface area contributed by atoms with E-state index in [-0.39, 0.29) is 24.3 Å². The Hall–Kier alpha value is -2.72. The molecule has 1 atom stereocenters. The van der Waals surface area contributed by atoms with Gasteiger partial charge in [0.15, 0.2) is 0 Å². The van der Waals surface area contributed by atoms with Crippen LogP contribution in [0.15, 0.2) is 29.4 Å². The van der Waals surface area contributed by atoms with Crippen LogP contribution in [0.4, 0.5) is 5.69 Å². The fraction of sp³-hybridized carbons (Fsp3) is 0.444. The van der Waals surface area contributed by atoms with Crippen molar-refractivity contribution < 1.29 is 9.59 Å². The Balaban J connectivity index is 1.82. The number of carbonyl (C=O) groups excluding carboxylic acids is 2. The molecule has 1 unspecified atom stereocenters. The third-order valence-corrected chi connectivity index (χ3v) is 4.61. The second kappa shape index (κ2) is 7.03. The Labute approximate surface area is 147 Å². The Morgan fingerprint density at radius 2 is 2.12 bits per heavy atom. The van der Waals surface area contributed by atoms with E-state index in [4.69, 9.17) is 0 Å². The summed E-state index contributed by atoms with van der Waals surface area (Å²) in [6.45, 7) is 3.52. The number of hydrazone groups is 1. The number of carbonyl (C=O) groups is 2. The van der Waals surface area contributed by atoms with Crippen LogP contribution in [-0.4, -0.2) is 60.0 Å². The van der Waals surface area contributed by atoms with E-state index in [0.717, 1.165) is 5.56 Å². The lowest BCUT2D eigenvalue weighted by atomic mass is 10.1. The molecule has 3 rings (SSSR count). The highest BCUT2D eigenvalue weighted by molar-refractivity contribution is 6.40. The van der Waals surface area contributed by atoms with Gasteiger partial charge in [-0.3, -0.25) is 14.5 Å². The first-order valence-electron chi connectivity index (χ1n) is 8.36. The minimum absolute atomic E-state index is 0.115. The molecular weight excluding hydrogens is 318 g/mol. The summed E-state index contributed by atoms with van der Waals surface area (Å²) < 4.78 is 0. The van der Waals surface area contributed by atoms with Gasteiger partial charge in [0.1, 0.15) is 11.8 Å². The van der Waals surface area contributed by atoms with Gasteiger partial charge in [-0.25, -0.2) is 5.01 Å². The van der Waals surface area contributed by atoms with Crippen molar-refractivity contribution in [3.63, 3.8) is 0 Å². The number of nitriles is 1. The smallest absolute Gasteiger partial charge is 0.270 e. The number of amides is 2. The number of hydrogen-bond acceptors (Lipinski definition) is 5. The first-order chi connectivity index (χ1) is 12.0. The largest absolute Gasteiger partial charge is 0.334 e. The molecule has 1 saturated heterocycles. The molecule has 7 heteroatoms. The molecule has 1 fully saturated rings. The molecule has 7 nitrogen and oxygen atoms in total. The molecule has 0 aromatic heterocycles. The number of hydrogen-bond donors (Lipinski definition) is 0. The molecule has 0 radical (unpaired) electrons. The molecule has 0 spiro atoms. The SMILES string of the molecule is Cc1cccc(N2N=C(C(=O)N3CCN(C)C(C#N)C3)CCC2=O)c1. The molecule has 0 aliphatic carbocycles. The quantitative estimate of drug-likeness (QED) is 0.809. The maximum atomic E-state index is 12.8. The third-order valence-electron chi connectivity index (χ3n) is 4.61. The zero-order valence-corrected chi connectivity index (χ0v) is 14.5. The molecule has 2 aliphatic rings. The number of aryl methyl sites for hydroxylation is 1. The predicted molar refractivity (Wildman–Crippen MR) is 93.9 cm³/mol. The van der Waals surface area contributed by atoms with Crippen molar-refractivity contribution in [1.82, 2.24) is 9.80 Å². The van der Waals surface area contributed by atoms with Crippen molar-refractivity contribution >= 4 is 23.2 Å².